The maximum atomic E-state index is 12.8. The Morgan fingerprint density at radius 2 is 1.81 bits per heavy atom. The molecule has 1 heterocycles. The maximum Gasteiger partial charge on any atom is 0.172 e. The Balaban J connectivity index is 1.58. The minimum atomic E-state index is -0.997. The normalized spacial score (nSPS) is 53.5. The van der Waals surface area contributed by atoms with E-state index in [4.69, 9.17) is 15.9 Å². The topological polar surface area (TPSA) is 55.8 Å². The van der Waals surface area contributed by atoms with E-state index in [1.807, 2.05) is 0 Å². The van der Waals surface area contributed by atoms with Crippen molar-refractivity contribution in [1.29, 1.82) is 0 Å². The van der Waals surface area contributed by atoms with Gasteiger partial charge < -0.3 is 14.6 Å². The Morgan fingerprint density at radius 1 is 1.07 bits per heavy atom. The third kappa shape index (κ3) is 2.26. The number of ketones is 1. The van der Waals surface area contributed by atoms with Crippen molar-refractivity contribution in [2.45, 2.75) is 76.6 Å². The molecule has 0 amide bonds. The molecular weight excluding hydrogens is 340 g/mol. The summed E-state index contributed by atoms with van der Waals surface area (Å²) >= 11 is 0. The molecule has 0 unspecified atom stereocenters. The lowest BCUT2D eigenvalue weighted by atomic mass is 9.43. The highest BCUT2D eigenvalue weighted by molar-refractivity contribution is 5.87. The third-order valence-corrected chi connectivity index (χ3v) is 9.50. The van der Waals surface area contributed by atoms with E-state index in [0.717, 1.165) is 32.1 Å². The summed E-state index contributed by atoms with van der Waals surface area (Å²) in [5.41, 5.74) is -1.06. The van der Waals surface area contributed by atoms with Crippen LogP contribution in [0, 0.1) is 46.8 Å². The lowest BCUT2D eigenvalue weighted by Gasteiger charge is -2.64. The molecule has 4 heteroatoms. The number of Topliss-reactive ketones (excluding diaryl/α,β-unsaturated/α-hetero) is 1. The summed E-state index contributed by atoms with van der Waals surface area (Å²) in [6.45, 7) is 5.86. The second-order valence-corrected chi connectivity index (χ2v) is 10.5. The van der Waals surface area contributed by atoms with E-state index < -0.39 is 11.4 Å². The van der Waals surface area contributed by atoms with Crippen LogP contribution in [0.3, 0.4) is 0 Å². The number of ether oxygens (including phenoxy) is 2. The molecule has 4 nitrogen and oxygen atoms in total. The largest absolute Gasteiger partial charge is 0.378 e. The first-order valence-corrected chi connectivity index (χ1v) is 10.8. The summed E-state index contributed by atoms with van der Waals surface area (Å²) in [4.78, 5) is 12.8. The van der Waals surface area contributed by atoms with E-state index in [0.29, 0.717) is 56.0 Å². The van der Waals surface area contributed by atoms with Gasteiger partial charge in [0, 0.05) is 24.2 Å². The average molecular weight is 373 g/mol. The molecule has 148 valence electrons. The van der Waals surface area contributed by atoms with Crippen LogP contribution in [0.15, 0.2) is 0 Å². The van der Waals surface area contributed by atoms with Gasteiger partial charge >= 0.3 is 0 Å². The smallest absolute Gasteiger partial charge is 0.172 e. The number of rotatable bonds is 0. The molecular formula is C23H32O4. The summed E-state index contributed by atoms with van der Waals surface area (Å²) in [5, 5.41) is 10.8. The quantitative estimate of drug-likeness (QED) is 0.663. The van der Waals surface area contributed by atoms with Gasteiger partial charge in [-0.2, -0.15) is 0 Å². The Labute approximate surface area is 162 Å². The number of hydrogen-bond donors (Lipinski definition) is 1. The van der Waals surface area contributed by atoms with Gasteiger partial charge in [0.15, 0.2) is 5.79 Å². The zero-order chi connectivity index (χ0) is 19.1. The molecule has 5 aliphatic rings. The van der Waals surface area contributed by atoms with Crippen LogP contribution in [0.2, 0.25) is 0 Å². The lowest BCUT2D eigenvalue weighted by Crippen LogP contribution is -2.64. The van der Waals surface area contributed by atoms with Crippen LogP contribution in [-0.4, -0.2) is 35.5 Å². The fourth-order valence-electron chi connectivity index (χ4n) is 7.87. The van der Waals surface area contributed by atoms with Gasteiger partial charge in [-0.25, -0.2) is 0 Å². The van der Waals surface area contributed by atoms with Crippen molar-refractivity contribution in [2.75, 3.05) is 13.2 Å². The standard InChI is InChI=1S/C23H32O4/c1-4-22(25)10-9-20(2)15(13-22)14-23(26-11-12-27-23)19-16-5-6-18(24)21(16,3)8-7-17(19)20/h1,15-17,19,25H,5-14H2,2-3H3/t15-,16+,17-,19-,20+,21+,22+/m1/s1. The van der Waals surface area contributed by atoms with Crippen molar-refractivity contribution < 1.29 is 19.4 Å². The van der Waals surface area contributed by atoms with Crippen LogP contribution < -0.4 is 0 Å². The number of hydrogen-bond acceptors (Lipinski definition) is 4. The molecule has 0 bridgehead atoms. The zero-order valence-corrected chi connectivity index (χ0v) is 16.6. The number of terminal acetylenes is 1. The highest BCUT2D eigenvalue weighted by Crippen LogP contribution is 2.69. The van der Waals surface area contributed by atoms with E-state index in [9.17, 15) is 9.90 Å². The first kappa shape index (κ1) is 18.2. The fourth-order valence-corrected chi connectivity index (χ4v) is 7.87. The van der Waals surface area contributed by atoms with Crippen molar-refractivity contribution in [1.82, 2.24) is 0 Å². The molecule has 1 spiro atoms. The Kier molecular flexibility index (Phi) is 3.76. The Hall–Kier alpha value is -0.890. The minimum absolute atomic E-state index is 0.140. The summed E-state index contributed by atoms with van der Waals surface area (Å²) in [5.74, 6) is 3.92. The molecule has 4 saturated carbocycles. The summed E-state index contributed by atoms with van der Waals surface area (Å²) in [6, 6.07) is 0. The molecule has 0 radical (unpaired) electrons. The summed E-state index contributed by atoms with van der Waals surface area (Å²) < 4.78 is 12.7. The van der Waals surface area contributed by atoms with Gasteiger partial charge in [0.1, 0.15) is 11.4 Å². The Morgan fingerprint density at radius 3 is 2.52 bits per heavy atom. The first-order chi connectivity index (χ1) is 12.8. The maximum absolute atomic E-state index is 12.8. The van der Waals surface area contributed by atoms with Crippen LogP contribution >= 0.6 is 0 Å². The SMILES string of the molecule is C#C[C@]1(O)CC[C@@]2(C)[C@@H](CC3(OCCO3)[C@H]3[C@H]2CC[C@]2(C)C(=O)CC[C@@H]32)C1. The van der Waals surface area contributed by atoms with Crippen molar-refractivity contribution in [3.63, 3.8) is 0 Å². The van der Waals surface area contributed by atoms with Crippen LogP contribution in [0.25, 0.3) is 0 Å². The third-order valence-electron chi connectivity index (χ3n) is 9.50. The molecule has 1 N–H and O–H groups in total. The van der Waals surface area contributed by atoms with E-state index >= 15 is 0 Å². The summed E-state index contributed by atoms with van der Waals surface area (Å²) in [6.07, 6.45) is 12.5. The first-order valence-electron chi connectivity index (χ1n) is 10.8. The molecule has 1 aliphatic heterocycles. The van der Waals surface area contributed by atoms with Gasteiger partial charge in [-0.15, -0.1) is 6.42 Å². The highest BCUT2D eigenvalue weighted by atomic mass is 16.7. The number of aliphatic hydroxyl groups is 1. The van der Waals surface area contributed by atoms with E-state index in [-0.39, 0.29) is 16.7 Å². The second-order valence-electron chi connectivity index (χ2n) is 10.5. The predicted octanol–water partition coefficient (Wildman–Crippen LogP) is 3.32. The fraction of sp³-hybridized carbons (Fsp3) is 0.870. The van der Waals surface area contributed by atoms with Gasteiger partial charge in [-0.3, -0.25) is 4.79 Å². The average Bonchev–Trinajstić information content (AvgIpc) is 3.23. The molecule has 1 saturated heterocycles. The monoisotopic (exact) mass is 372 g/mol. The predicted molar refractivity (Wildman–Crippen MR) is 101 cm³/mol. The summed E-state index contributed by atoms with van der Waals surface area (Å²) in [7, 11) is 0. The van der Waals surface area contributed by atoms with Crippen LogP contribution in [0.4, 0.5) is 0 Å². The number of carbonyl (C=O) groups is 1. The molecule has 0 aromatic rings. The molecule has 5 fully saturated rings. The van der Waals surface area contributed by atoms with Crippen LogP contribution in [-0.2, 0) is 14.3 Å². The number of fused-ring (bicyclic) bond motifs is 6. The molecule has 5 rings (SSSR count). The van der Waals surface area contributed by atoms with E-state index in [1.54, 1.807) is 0 Å². The van der Waals surface area contributed by atoms with Gasteiger partial charge in [0.05, 0.1) is 13.2 Å². The Bertz CT molecular complexity index is 704. The van der Waals surface area contributed by atoms with Crippen LogP contribution in [0.5, 0.6) is 0 Å². The van der Waals surface area contributed by atoms with Crippen molar-refractivity contribution in [3.8, 4) is 12.3 Å². The van der Waals surface area contributed by atoms with Gasteiger partial charge in [-0.1, -0.05) is 19.8 Å². The van der Waals surface area contributed by atoms with Crippen molar-refractivity contribution in [3.05, 3.63) is 0 Å². The van der Waals surface area contributed by atoms with Crippen molar-refractivity contribution in [2.24, 2.45) is 34.5 Å². The zero-order valence-electron chi connectivity index (χ0n) is 16.6. The van der Waals surface area contributed by atoms with E-state index in [1.165, 1.54) is 0 Å². The van der Waals surface area contributed by atoms with Crippen LogP contribution in [0.1, 0.15) is 65.2 Å². The van der Waals surface area contributed by atoms with Gasteiger partial charge in [-0.05, 0) is 61.7 Å². The number of carbonyl (C=O) groups excluding carboxylic acids is 1. The molecule has 0 aromatic carbocycles. The van der Waals surface area contributed by atoms with E-state index in [2.05, 4.69) is 19.8 Å². The van der Waals surface area contributed by atoms with Gasteiger partial charge in [0.25, 0.3) is 0 Å². The molecule has 0 aromatic heterocycles. The lowest BCUT2D eigenvalue weighted by molar-refractivity contribution is -0.299. The minimum Gasteiger partial charge on any atom is -0.378 e. The molecule has 4 aliphatic carbocycles. The van der Waals surface area contributed by atoms with Gasteiger partial charge in [0.2, 0.25) is 0 Å². The highest BCUT2D eigenvalue weighted by Gasteiger charge is 2.69. The molecule has 7 atom stereocenters. The molecule has 27 heavy (non-hydrogen) atoms. The van der Waals surface area contributed by atoms with Crippen molar-refractivity contribution >= 4 is 5.78 Å². The second kappa shape index (κ2) is 5.59.